The summed E-state index contributed by atoms with van der Waals surface area (Å²) in [7, 11) is 0. The lowest BCUT2D eigenvalue weighted by atomic mass is 10.1. The Hall–Kier alpha value is -2.59. The number of unbranched alkanes of at least 4 members (excludes halogenated alkanes) is 2. The molecule has 29 heavy (non-hydrogen) atoms. The molecule has 156 valence electrons. The van der Waals surface area contributed by atoms with Crippen molar-refractivity contribution in [2.45, 2.75) is 38.6 Å². The molecule has 2 rings (SSSR count). The van der Waals surface area contributed by atoms with Gasteiger partial charge in [0.1, 0.15) is 21.9 Å². The molecule has 0 aliphatic carbocycles. The highest BCUT2D eigenvalue weighted by atomic mass is 32.2. The van der Waals surface area contributed by atoms with Gasteiger partial charge >= 0.3 is 5.97 Å². The Labute approximate surface area is 177 Å². The number of nitrogens with one attached hydrogen (secondary N) is 1. The van der Waals surface area contributed by atoms with Gasteiger partial charge in [0.25, 0.3) is 5.91 Å². The molecule has 10 heteroatoms. The van der Waals surface area contributed by atoms with Crippen molar-refractivity contribution in [2.24, 2.45) is 0 Å². The van der Waals surface area contributed by atoms with Crippen LogP contribution in [0.3, 0.4) is 0 Å². The predicted octanol–water partition coefficient (Wildman–Crippen LogP) is 2.45. The van der Waals surface area contributed by atoms with Gasteiger partial charge in [-0.25, -0.2) is 0 Å². The van der Waals surface area contributed by atoms with E-state index in [9.17, 15) is 24.6 Å². The van der Waals surface area contributed by atoms with Gasteiger partial charge in [-0.2, -0.15) is 0 Å². The summed E-state index contributed by atoms with van der Waals surface area (Å²) in [5, 5.41) is 30.4. The SMILES string of the molecule is CC(NC(=O)CCCCCN1C(=O)/C(=C/c2ccc(O)cc2O)SC1=S)C(=O)O. The monoisotopic (exact) mass is 438 g/mol. The summed E-state index contributed by atoms with van der Waals surface area (Å²) in [6.45, 7) is 1.82. The highest BCUT2D eigenvalue weighted by Gasteiger charge is 2.31. The standard InChI is InChI=1S/C19H22N2O6S2/c1-11(18(26)27)20-16(24)5-3-2-4-8-21-17(25)15(29-19(21)28)9-12-6-7-13(22)10-14(12)23/h6-7,9-11,22-23H,2-5,8H2,1H3,(H,20,24)(H,26,27)/b15-9-. The quantitative estimate of drug-likeness (QED) is 0.263. The predicted molar refractivity (Wildman–Crippen MR) is 113 cm³/mol. The minimum Gasteiger partial charge on any atom is -0.508 e. The fourth-order valence-corrected chi connectivity index (χ4v) is 3.90. The lowest BCUT2D eigenvalue weighted by Gasteiger charge is -2.14. The highest BCUT2D eigenvalue weighted by Crippen LogP contribution is 2.34. The van der Waals surface area contributed by atoms with E-state index in [2.05, 4.69) is 5.32 Å². The molecule has 0 radical (unpaired) electrons. The molecule has 1 aliphatic heterocycles. The third kappa shape index (κ3) is 6.47. The molecule has 2 amide bonds. The average Bonchev–Trinajstić information content (AvgIpc) is 2.90. The summed E-state index contributed by atoms with van der Waals surface area (Å²) in [5.74, 6) is -1.85. The number of thiocarbonyl (C=S) groups is 1. The van der Waals surface area contributed by atoms with Crippen LogP contribution in [0.15, 0.2) is 23.1 Å². The van der Waals surface area contributed by atoms with Gasteiger partial charge in [0, 0.05) is 24.6 Å². The number of carboxylic acids is 1. The van der Waals surface area contributed by atoms with E-state index < -0.39 is 12.0 Å². The molecule has 0 aromatic heterocycles. The Balaban J connectivity index is 1.81. The van der Waals surface area contributed by atoms with Crippen LogP contribution in [0.25, 0.3) is 6.08 Å². The number of phenols is 2. The first kappa shape index (κ1) is 22.7. The van der Waals surface area contributed by atoms with E-state index in [1.807, 2.05) is 0 Å². The van der Waals surface area contributed by atoms with Crippen LogP contribution in [-0.4, -0.2) is 54.9 Å². The van der Waals surface area contributed by atoms with Gasteiger partial charge in [-0.1, -0.05) is 30.4 Å². The van der Waals surface area contributed by atoms with Crippen molar-refractivity contribution in [3.8, 4) is 11.5 Å². The van der Waals surface area contributed by atoms with Gasteiger partial charge in [-0.15, -0.1) is 0 Å². The van der Waals surface area contributed by atoms with Crippen molar-refractivity contribution in [2.75, 3.05) is 6.54 Å². The van der Waals surface area contributed by atoms with Crippen molar-refractivity contribution in [3.05, 3.63) is 28.7 Å². The van der Waals surface area contributed by atoms with Crippen LogP contribution in [0.1, 0.15) is 38.2 Å². The Morgan fingerprint density at radius 1 is 1.28 bits per heavy atom. The topological polar surface area (TPSA) is 127 Å². The molecule has 1 unspecified atom stereocenters. The van der Waals surface area contributed by atoms with Crippen molar-refractivity contribution in [1.29, 1.82) is 0 Å². The van der Waals surface area contributed by atoms with Gasteiger partial charge in [0.05, 0.1) is 4.91 Å². The van der Waals surface area contributed by atoms with E-state index in [1.165, 1.54) is 36.1 Å². The summed E-state index contributed by atoms with van der Waals surface area (Å²) in [4.78, 5) is 36.8. The maximum Gasteiger partial charge on any atom is 0.325 e. The zero-order chi connectivity index (χ0) is 21.6. The Morgan fingerprint density at radius 2 is 2.00 bits per heavy atom. The summed E-state index contributed by atoms with van der Waals surface area (Å²) in [6.07, 6.45) is 3.65. The van der Waals surface area contributed by atoms with Gasteiger partial charge < -0.3 is 20.6 Å². The van der Waals surface area contributed by atoms with Gasteiger partial charge in [0.15, 0.2) is 0 Å². The maximum atomic E-state index is 12.6. The zero-order valence-corrected chi connectivity index (χ0v) is 17.4. The number of aliphatic carboxylic acids is 1. The number of carboxylic acid groups (broad SMARTS) is 1. The third-order valence-electron chi connectivity index (χ3n) is 4.21. The lowest BCUT2D eigenvalue weighted by Crippen LogP contribution is -2.38. The fraction of sp³-hybridized carbons (Fsp3) is 0.368. The van der Waals surface area contributed by atoms with E-state index in [0.717, 1.165) is 11.8 Å². The molecule has 4 N–H and O–H groups in total. The smallest absolute Gasteiger partial charge is 0.325 e. The van der Waals surface area contributed by atoms with Crippen LogP contribution in [-0.2, 0) is 14.4 Å². The van der Waals surface area contributed by atoms with Crippen LogP contribution in [0.2, 0.25) is 0 Å². The first-order chi connectivity index (χ1) is 13.7. The molecule has 0 saturated carbocycles. The molecule has 1 heterocycles. The molecule has 0 spiro atoms. The Kier molecular flexibility index (Phi) is 8.03. The number of carbonyl (C=O) groups is 3. The molecular formula is C19H22N2O6S2. The van der Waals surface area contributed by atoms with E-state index in [0.29, 0.717) is 40.6 Å². The van der Waals surface area contributed by atoms with Crippen molar-refractivity contribution in [1.82, 2.24) is 10.2 Å². The molecular weight excluding hydrogens is 416 g/mol. The summed E-state index contributed by atoms with van der Waals surface area (Å²) >= 11 is 6.40. The number of thioether (sulfide) groups is 1. The second-order valence-electron chi connectivity index (χ2n) is 6.51. The van der Waals surface area contributed by atoms with Crippen LogP contribution < -0.4 is 5.32 Å². The normalized spacial score (nSPS) is 16.3. The number of phenolic OH excluding ortho intramolecular Hbond substituents is 2. The maximum absolute atomic E-state index is 12.6. The Bertz CT molecular complexity index is 855. The van der Waals surface area contributed by atoms with Crippen molar-refractivity contribution < 1.29 is 29.7 Å². The molecule has 1 aromatic carbocycles. The highest BCUT2D eigenvalue weighted by molar-refractivity contribution is 8.26. The van der Waals surface area contributed by atoms with Gasteiger partial charge in [-0.05, 0) is 38.0 Å². The van der Waals surface area contributed by atoms with E-state index in [1.54, 1.807) is 0 Å². The van der Waals surface area contributed by atoms with Crippen LogP contribution in [0, 0.1) is 0 Å². The zero-order valence-electron chi connectivity index (χ0n) is 15.8. The summed E-state index contributed by atoms with van der Waals surface area (Å²) in [6, 6.07) is 3.20. The van der Waals surface area contributed by atoms with Crippen molar-refractivity contribution in [3.63, 3.8) is 0 Å². The fourth-order valence-electron chi connectivity index (χ4n) is 2.60. The van der Waals surface area contributed by atoms with Gasteiger partial charge in [0.2, 0.25) is 5.91 Å². The molecule has 1 saturated heterocycles. The second-order valence-corrected chi connectivity index (χ2v) is 8.19. The van der Waals surface area contributed by atoms with E-state index in [-0.39, 0.29) is 29.7 Å². The number of hydrogen-bond donors (Lipinski definition) is 4. The number of carbonyl (C=O) groups excluding carboxylic acids is 2. The first-order valence-corrected chi connectivity index (χ1v) is 10.2. The number of aromatic hydroxyl groups is 2. The first-order valence-electron chi connectivity index (χ1n) is 8.98. The average molecular weight is 439 g/mol. The second kappa shape index (κ2) is 10.3. The summed E-state index contributed by atoms with van der Waals surface area (Å²) in [5.41, 5.74) is 0.407. The largest absolute Gasteiger partial charge is 0.508 e. The molecule has 1 aromatic rings. The number of nitrogens with zero attached hydrogens (tertiary/aromatic N) is 1. The summed E-state index contributed by atoms with van der Waals surface area (Å²) < 4.78 is 0.424. The van der Waals surface area contributed by atoms with Crippen LogP contribution in [0.5, 0.6) is 11.5 Å². The molecule has 0 bridgehead atoms. The molecule has 8 nitrogen and oxygen atoms in total. The van der Waals surface area contributed by atoms with E-state index >= 15 is 0 Å². The minimum atomic E-state index is -1.08. The van der Waals surface area contributed by atoms with Crippen molar-refractivity contribution >= 4 is 52.2 Å². The van der Waals surface area contributed by atoms with Gasteiger partial charge in [-0.3, -0.25) is 19.3 Å². The number of rotatable bonds is 9. The van der Waals surface area contributed by atoms with Crippen LogP contribution >= 0.6 is 24.0 Å². The molecule has 1 atom stereocenters. The number of hydrogen-bond acceptors (Lipinski definition) is 7. The third-order valence-corrected chi connectivity index (χ3v) is 5.59. The van der Waals surface area contributed by atoms with Crippen LogP contribution in [0.4, 0.5) is 0 Å². The minimum absolute atomic E-state index is 0.0710. The van der Waals surface area contributed by atoms with E-state index in [4.69, 9.17) is 17.3 Å². The molecule has 1 fully saturated rings. The Morgan fingerprint density at radius 3 is 2.66 bits per heavy atom. The number of benzene rings is 1. The number of amides is 2. The molecule has 1 aliphatic rings. The lowest BCUT2D eigenvalue weighted by molar-refractivity contribution is -0.141.